The smallest absolute Gasteiger partial charge is 0.303 e. The number of fused-ring (bicyclic) bond motifs is 2. The summed E-state index contributed by atoms with van der Waals surface area (Å²) >= 11 is 0. The lowest BCUT2D eigenvalue weighted by Gasteiger charge is -2.46. The largest absolute Gasteiger partial charge is 0.463 e. The first kappa shape index (κ1) is 25.7. The number of hydrogen-bond acceptors (Lipinski definition) is 13. The Kier molecular flexibility index (Phi) is 8.61. The van der Waals surface area contributed by atoms with Crippen molar-refractivity contribution >= 4 is 17.9 Å². The maximum absolute atomic E-state index is 11.8. The fourth-order valence-electron chi connectivity index (χ4n) is 4.17. The number of aliphatic hydroxyl groups excluding tert-OH is 1. The number of rotatable bonds is 8. The van der Waals surface area contributed by atoms with Gasteiger partial charge in [0.25, 0.3) is 0 Å². The molecule has 3 fully saturated rings. The van der Waals surface area contributed by atoms with Crippen LogP contribution in [-0.2, 0) is 57.0 Å². The van der Waals surface area contributed by atoms with E-state index >= 15 is 0 Å². The van der Waals surface area contributed by atoms with Crippen molar-refractivity contribution < 1.29 is 62.1 Å². The van der Waals surface area contributed by atoms with Crippen LogP contribution >= 0.6 is 0 Å². The zero-order valence-corrected chi connectivity index (χ0v) is 19.0. The van der Waals surface area contributed by atoms with E-state index in [1.807, 2.05) is 0 Å². The number of carbonyl (C=O) groups is 3. The number of hydrogen-bond donors (Lipinski definition) is 1. The van der Waals surface area contributed by atoms with Gasteiger partial charge in [0.1, 0.15) is 43.2 Å². The average molecular weight is 478 g/mol. The number of aliphatic hydroxyl groups is 1. The van der Waals surface area contributed by atoms with Crippen LogP contribution in [0.15, 0.2) is 0 Å². The highest BCUT2D eigenvalue weighted by Crippen LogP contribution is 2.36. The summed E-state index contributed by atoms with van der Waals surface area (Å²) in [6.07, 6.45) is -9.89. The van der Waals surface area contributed by atoms with Gasteiger partial charge in [0.15, 0.2) is 24.8 Å². The molecular formula is C20H30O13. The molecule has 3 rings (SSSR count). The molecule has 2 bridgehead atoms. The highest BCUT2D eigenvalue weighted by molar-refractivity contribution is 5.66. The van der Waals surface area contributed by atoms with Crippen LogP contribution in [-0.4, -0.2) is 112 Å². The van der Waals surface area contributed by atoms with Crippen molar-refractivity contribution in [3.05, 3.63) is 0 Å². The van der Waals surface area contributed by atoms with Crippen LogP contribution in [0.1, 0.15) is 20.8 Å². The zero-order valence-electron chi connectivity index (χ0n) is 19.0. The summed E-state index contributed by atoms with van der Waals surface area (Å²) in [6, 6.07) is 0. The zero-order chi connectivity index (χ0) is 24.3. The van der Waals surface area contributed by atoms with Crippen LogP contribution in [0.5, 0.6) is 0 Å². The van der Waals surface area contributed by atoms with Crippen molar-refractivity contribution in [3.8, 4) is 0 Å². The summed E-state index contributed by atoms with van der Waals surface area (Å²) in [6.45, 7) is 3.49. The number of ether oxygens (including phenoxy) is 9. The van der Waals surface area contributed by atoms with Crippen LogP contribution < -0.4 is 0 Å². The summed E-state index contributed by atoms with van der Waals surface area (Å²) in [7, 11) is 2.74. The van der Waals surface area contributed by atoms with E-state index in [1.165, 1.54) is 35.0 Å². The molecule has 0 aliphatic carbocycles. The van der Waals surface area contributed by atoms with E-state index in [4.69, 9.17) is 42.6 Å². The third-order valence-corrected chi connectivity index (χ3v) is 5.52. The molecule has 0 unspecified atom stereocenters. The standard InChI is InChI=1S/C20H30O13/c1-8(21)27-6-11-13(24)15(25-4)17(29-9(2)22)20(31-11)33-14-12-7-28-19(32-12)18(16(14)26-5)30-10(3)23/h11-20,24H,6-7H2,1-5H3/t11-,12-,13-,14-,15+,16+,17-,18-,19-,20-/m1/s1. The van der Waals surface area contributed by atoms with Crippen molar-refractivity contribution in [2.24, 2.45) is 0 Å². The van der Waals surface area contributed by atoms with Gasteiger partial charge in [-0.2, -0.15) is 0 Å². The quantitative estimate of drug-likeness (QED) is 0.324. The SMILES string of the molecule is CO[C@@H]1[C@@H](OC(C)=O)[C@@H]2OC[C@@H](O2)[C@H]1O[C@H]1O[C@H](COC(C)=O)[C@@H](O)[C@H](OC)[C@H]1OC(C)=O. The van der Waals surface area contributed by atoms with Crippen molar-refractivity contribution in [2.75, 3.05) is 27.4 Å². The Balaban J connectivity index is 1.86. The van der Waals surface area contributed by atoms with Crippen molar-refractivity contribution in [2.45, 2.75) is 82.2 Å². The molecule has 13 nitrogen and oxygen atoms in total. The van der Waals surface area contributed by atoms with Gasteiger partial charge in [-0.25, -0.2) is 0 Å². The second-order valence-electron chi connectivity index (χ2n) is 7.86. The minimum atomic E-state index is -1.30. The molecule has 0 radical (unpaired) electrons. The van der Waals surface area contributed by atoms with Gasteiger partial charge in [0, 0.05) is 35.0 Å². The lowest BCUT2D eigenvalue weighted by molar-refractivity contribution is -0.342. The Morgan fingerprint density at radius 2 is 1.48 bits per heavy atom. The highest BCUT2D eigenvalue weighted by Gasteiger charge is 2.57. The van der Waals surface area contributed by atoms with E-state index in [0.29, 0.717) is 0 Å². The predicted molar refractivity (Wildman–Crippen MR) is 103 cm³/mol. The Morgan fingerprint density at radius 1 is 0.848 bits per heavy atom. The van der Waals surface area contributed by atoms with Gasteiger partial charge in [-0.15, -0.1) is 0 Å². The van der Waals surface area contributed by atoms with Crippen LogP contribution in [0, 0.1) is 0 Å². The van der Waals surface area contributed by atoms with E-state index < -0.39 is 79.3 Å². The molecule has 1 N–H and O–H groups in total. The number of methoxy groups -OCH3 is 2. The maximum atomic E-state index is 11.8. The Bertz CT molecular complexity index is 714. The monoisotopic (exact) mass is 478 g/mol. The Labute approximate surface area is 190 Å². The molecule has 10 atom stereocenters. The molecule has 3 aliphatic rings. The van der Waals surface area contributed by atoms with E-state index in [1.54, 1.807) is 0 Å². The van der Waals surface area contributed by atoms with E-state index in [2.05, 4.69) is 0 Å². The molecule has 0 aromatic heterocycles. The van der Waals surface area contributed by atoms with Gasteiger partial charge in [0.05, 0.1) is 6.61 Å². The second kappa shape index (κ2) is 11.0. The van der Waals surface area contributed by atoms with Gasteiger partial charge in [-0.3, -0.25) is 14.4 Å². The summed E-state index contributed by atoms with van der Waals surface area (Å²) in [5.41, 5.74) is 0. The minimum Gasteiger partial charge on any atom is -0.463 e. The normalized spacial score (nSPS) is 40.2. The third-order valence-electron chi connectivity index (χ3n) is 5.52. The van der Waals surface area contributed by atoms with E-state index in [9.17, 15) is 19.5 Å². The fourth-order valence-corrected chi connectivity index (χ4v) is 4.17. The molecule has 3 heterocycles. The van der Waals surface area contributed by atoms with Crippen molar-refractivity contribution in [3.63, 3.8) is 0 Å². The van der Waals surface area contributed by atoms with Crippen LogP contribution in [0.2, 0.25) is 0 Å². The summed E-state index contributed by atoms with van der Waals surface area (Å²) in [4.78, 5) is 34.6. The number of carbonyl (C=O) groups excluding carboxylic acids is 3. The van der Waals surface area contributed by atoms with Crippen molar-refractivity contribution in [1.82, 2.24) is 0 Å². The topological polar surface area (TPSA) is 155 Å². The molecule has 3 saturated heterocycles. The lowest BCUT2D eigenvalue weighted by atomic mass is 9.97. The van der Waals surface area contributed by atoms with Gasteiger partial charge in [-0.05, 0) is 0 Å². The molecule has 188 valence electrons. The summed E-state index contributed by atoms with van der Waals surface area (Å²) in [5.74, 6) is -1.79. The molecule has 33 heavy (non-hydrogen) atoms. The van der Waals surface area contributed by atoms with Gasteiger partial charge in [0.2, 0.25) is 0 Å². The Hall–Kier alpha value is -1.87. The Morgan fingerprint density at radius 3 is 2.06 bits per heavy atom. The van der Waals surface area contributed by atoms with Gasteiger partial charge >= 0.3 is 17.9 Å². The highest BCUT2D eigenvalue weighted by atomic mass is 16.8. The second-order valence-corrected chi connectivity index (χ2v) is 7.86. The van der Waals surface area contributed by atoms with Crippen LogP contribution in [0.4, 0.5) is 0 Å². The van der Waals surface area contributed by atoms with Gasteiger partial charge in [-0.1, -0.05) is 0 Å². The molecule has 13 heteroatoms. The van der Waals surface area contributed by atoms with Crippen LogP contribution in [0.25, 0.3) is 0 Å². The molecule has 0 spiro atoms. The minimum absolute atomic E-state index is 0.130. The summed E-state index contributed by atoms with van der Waals surface area (Å²) in [5, 5.41) is 10.7. The first-order chi connectivity index (χ1) is 15.7. The number of esters is 3. The van der Waals surface area contributed by atoms with Gasteiger partial charge < -0.3 is 47.7 Å². The van der Waals surface area contributed by atoms with E-state index in [-0.39, 0.29) is 13.2 Å². The van der Waals surface area contributed by atoms with Crippen molar-refractivity contribution in [1.29, 1.82) is 0 Å². The van der Waals surface area contributed by atoms with E-state index in [0.717, 1.165) is 0 Å². The molecule has 0 aromatic carbocycles. The first-order valence-corrected chi connectivity index (χ1v) is 10.5. The fraction of sp³-hybridized carbons (Fsp3) is 0.850. The predicted octanol–water partition coefficient (Wildman–Crippen LogP) is -1.33. The van der Waals surface area contributed by atoms with Crippen LogP contribution in [0.3, 0.4) is 0 Å². The molecule has 0 saturated carbocycles. The molecule has 3 aliphatic heterocycles. The third kappa shape index (κ3) is 5.80. The maximum Gasteiger partial charge on any atom is 0.303 e. The molecular weight excluding hydrogens is 448 g/mol. The molecule has 0 aromatic rings. The first-order valence-electron chi connectivity index (χ1n) is 10.5. The lowest BCUT2D eigenvalue weighted by Crippen LogP contribution is -2.64. The average Bonchev–Trinajstić information content (AvgIpc) is 3.17. The summed E-state index contributed by atoms with van der Waals surface area (Å²) < 4.78 is 50.0. The molecule has 0 amide bonds.